The van der Waals surface area contributed by atoms with Crippen LogP contribution in [0.3, 0.4) is 0 Å². The molecule has 0 unspecified atom stereocenters. The van der Waals surface area contributed by atoms with Gasteiger partial charge in [0.25, 0.3) is 0 Å². The summed E-state index contributed by atoms with van der Waals surface area (Å²) in [5.74, 6) is 0.997. The van der Waals surface area contributed by atoms with Crippen molar-refractivity contribution in [1.82, 2.24) is 0 Å². The van der Waals surface area contributed by atoms with Gasteiger partial charge in [0.05, 0.1) is 0 Å². The molecule has 0 bridgehead atoms. The maximum Gasteiger partial charge on any atom is 0.246 e. The van der Waals surface area contributed by atoms with E-state index in [-0.39, 0.29) is 10.1 Å². The van der Waals surface area contributed by atoms with Crippen molar-refractivity contribution in [2.24, 2.45) is 0 Å². The third-order valence-electron chi connectivity index (χ3n) is 3.21. The quantitative estimate of drug-likeness (QED) is 0.677. The van der Waals surface area contributed by atoms with Gasteiger partial charge >= 0.3 is 0 Å². The monoisotopic (exact) mass is 276 g/mol. The van der Waals surface area contributed by atoms with Gasteiger partial charge in [0.1, 0.15) is 5.75 Å². The summed E-state index contributed by atoms with van der Waals surface area (Å²) in [5.41, 5.74) is 2.33. The van der Waals surface area contributed by atoms with Gasteiger partial charge in [-0.3, -0.25) is 0 Å². The molecular formula is C17H28OSi. The molecule has 2 heteroatoms. The van der Waals surface area contributed by atoms with Gasteiger partial charge in [-0.2, -0.15) is 0 Å². The number of hydrogen-bond donors (Lipinski definition) is 0. The lowest BCUT2D eigenvalue weighted by atomic mass is 10.1. The molecule has 106 valence electrons. The van der Waals surface area contributed by atoms with Gasteiger partial charge in [-0.25, -0.2) is 0 Å². The first-order chi connectivity index (χ1) is 8.55. The summed E-state index contributed by atoms with van der Waals surface area (Å²) >= 11 is 0. The van der Waals surface area contributed by atoms with Gasteiger partial charge in [-0.15, -0.1) is 0 Å². The minimum atomic E-state index is -1.45. The van der Waals surface area contributed by atoms with Gasteiger partial charge in [0, 0.05) is 5.56 Å². The summed E-state index contributed by atoms with van der Waals surface area (Å²) in [6, 6.07) is 6.33. The fraction of sp³-hybridized carbons (Fsp3) is 0.529. The molecule has 1 aromatic carbocycles. The molecule has 0 heterocycles. The van der Waals surface area contributed by atoms with Crippen LogP contribution in [0.5, 0.6) is 5.75 Å². The van der Waals surface area contributed by atoms with Crippen LogP contribution in [-0.2, 0) is 0 Å². The van der Waals surface area contributed by atoms with E-state index >= 15 is 0 Å². The summed E-state index contributed by atoms with van der Waals surface area (Å²) in [6.45, 7) is 19.7. The lowest BCUT2D eigenvalue weighted by molar-refractivity contribution is 0.461. The molecule has 0 N–H and O–H groups in total. The predicted octanol–water partition coefficient (Wildman–Crippen LogP) is 5.34. The first-order valence-corrected chi connectivity index (χ1v) is 8.58. The van der Waals surface area contributed by atoms with Gasteiger partial charge in [-0.05, 0) is 28.6 Å². The number of benzene rings is 1. The molecule has 0 amide bonds. The highest BCUT2D eigenvalue weighted by Gasteiger charge is 2.40. The second kappa shape index (κ2) is 5.54. The Morgan fingerprint density at radius 1 is 1.05 bits per heavy atom. The van der Waals surface area contributed by atoms with Crippen molar-refractivity contribution in [2.45, 2.75) is 58.5 Å². The molecule has 0 aliphatic rings. The molecule has 0 aromatic heterocycles. The number of rotatable bonds is 3. The highest BCUT2D eigenvalue weighted by atomic mass is 28.3. The highest BCUT2D eigenvalue weighted by Crippen LogP contribution is 2.43. The predicted molar refractivity (Wildman–Crippen MR) is 88.5 cm³/mol. The minimum absolute atomic E-state index is 0.223. The Hall–Kier alpha value is -1.02. The Morgan fingerprint density at radius 2 is 1.58 bits per heavy atom. The molecule has 1 rings (SSSR count). The SMILES string of the molecule is C=Cc1ccc(C)cc1O[SiH](C(C)(C)C)C(C)(C)C. The van der Waals surface area contributed by atoms with E-state index in [2.05, 4.69) is 73.2 Å². The summed E-state index contributed by atoms with van der Waals surface area (Å²) in [4.78, 5) is 0. The molecule has 0 fully saturated rings. The van der Waals surface area contributed by atoms with Crippen LogP contribution in [0.25, 0.3) is 6.08 Å². The van der Waals surface area contributed by atoms with E-state index in [1.165, 1.54) is 5.56 Å². The Morgan fingerprint density at radius 3 is 2.00 bits per heavy atom. The fourth-order valence-electron chi connectivity index (χ4n) is 2.69. The molecule has 0 aliphatic heterocycles. The molecule has 0 saturated heterocycles. The second-order valence-electron chi connectivity index (χ2n) is 7.48. The topological polar surface area (TPSA) is 9.23 Å². The average Bonchev–Trinajstić information content (AvgIpc) is 2.23. The first kappa shape index (κ1) is 16.0. The van der Waals surface area contributed by atoms with E-state index < -0.39 is 9.04 Å². The van der Waals surface area contributed by atoms with E-state index in [1.54, 1.807) is 0 Å². The number of aryl methyl sites for hydroxylation is 1. The van der Waals surface area contributed by atoms with Crippen LogP contribution in [0.1, 0.15) is 52.7 Å². The first-order valence-electron chi connectivity index (χ1n) is 6.95. The highest BCUT2D eigenvalue weighted by molar-refractivity contribution is 6.59. The van der Waals surface area contributed by atoms with Crippen molar-refractivity contribution in [3.63, 3.8) is 0 Å². The molecule has 19 heavy (non-hydrogen) atoms. The molecule has 1 aromatic rings. The Kier molecular flexibility index (Phi) is 4.67. The Bertz CT molecular complexity index is 435. The Balaban J connectivity index is 3.17. The maximum atomic E-state index is 6.51. The van der Waals surface area contributed by atoms with Gasteiger partial charge in [0.2, 0.25) is 9.04 Å². The largest absolute Gasteiger partial charge is 0.545 e. The molecule has 0 saturated carbocycles. The molecule has 0 radical (unpaired) electrons. The molecule has 0 atom stereocenters. The fourth-order valence-corrected chi connectivity index (χ4v) is 6.46. The maximum absolute atomic E-state index is 6.51. The van der Waals surface area contributed by atoms with Crippen molar-refractivity contribution in [3.05, 3.63) is 35.9 Å². The lowest BCUT2D eigenvalue weighted by Crippen LogP contribution is -2.41. The molecule has 0 spiro atoms. The van der Waals surface area contributed by atoms with E-state index in [9.17, 15) is 0 Å². The zero-order valence-electron chi connectivity index (χ0n) is 13.5. The van der Waals surface area contributed by atoms with Crippen molar-refractivity contribution >= 4 is 15.1 Å². The van der Waals surface area contributed by atoms with E-state index in [0.29, 0.717) is 0 Å². The summed E-state index contributed by atoms with van der Waals surface area (Å²) in [6.07, 6.45) is 1.88. The van der Waals surface area contributed by atoms with E-state index in [0.717, 1.165) is 11.3 Å². The van der Waals surface area contributed by atoms with Crippen molar-refractivity contribution < 1.29 is 4.43 Å². The zero-order chi connectivity index (χ0) is 14.8. The molecule has 0 aliphatic carbocycles. The minimum Gasteiger partial charge on any atom is -0.545 e. The van der Waals surface area contributed by atoms with Crippen molar-refractivity contribution in [2.75, 3.05) is 0 Å². The van der Waals surface area contributed by atoms with Crippen molar-refractivity contribution in [1.29, 1.82) is 0 Å². The van der Waals surface area contributed by atoms with E-state index in [1.807, 2.05) is 6.08 Å². The van der Waals surface area contributed by atoms with E-state index in [4.69, 9.17) is 4.43 Å². The van der Waals surface area contributed by atoms with Crippen LogP contribution < -0.4 is 4.43 Å². The number of hydrogen-bond acceptors (Lipinski definition) is 1. The van der Waals surface area contributed by atoms with Crippen LogP contribution in [-0.4, -0.2) is 9.04 Å². The van der Waals surface area contributed by atoms with Crippen molar-refractivity contribution in [3.8, 4) is 5.75 Å². The summed E-state index contributed by atoms with van der Waals surface area (Å²) < 4.78 is 6.51. The third kappa shape index (κ3) is 4.24. The second-order valence-corrected chi connectivity index (χ2v) is 11.9. The zero-order valence-corrected chi connectivity index (χ0v) is 14.7. The lowest BCUT2D eigenvalue weighted by Gasteiger charge is -2.39. The van der Waals surface area contributed by atoms with Gasteiger partial charge < -0.3 is 4.43 Å². The summed E-state index contributed by atoms with van der Waals surface area (Å²) in [7, 11) is -1.45. The standard InChI is InChI=1S/C17H28OSi/c1-9-14-11-10-13(2)12-15(14)18-19(16(3,4)5)17(6,7)8/h9-12,19H,1H2,2-8H3. The Labute approximate surface area is 120 Å². The van der Waals surface area contributed by atoms with Crippen LogP contribution in [0, 0.1) is 6.92 Å². The van der Waals surface area contributed by atoms with Crippen LogP contribution in [0.4, 0.5) is 0 Å². The summed E-state index contributed by atoms with van der Waals surface area (Å²) in [5, 5.41) is 0.445. The smallest absolute Gasteiger partial charge is 0.246 e. The van der Waals surface area contributed by atoms with Crippen LogP contribution in [0.15, 0.2) is 24.8 Å². The normalized spacial score (nSPS) is 12.6. The van der Waals surface area contributed by atoms with Gasteiger partial charge in [0.15, 0.2) is 0 Å². The molecular weight excluding hydrogens is 248 g/mol. The van der Waals surface area contributed by atoms with Gasteiger partial charge in [-0.1, -0.05) is 66.3 Å². The van der Waals surface area contributed by atoms with Crippen LogP contribution in [0.2, 0.25) is 10.1 Å². The average molecular weight is 276 g/mol. The third-order valence-corrected chi connectivity index (χ3v) is 6.84. The molecule has 1 nitrogen and oxygen atoms in total. The van der Waals surface area contributed by atoms with Crippen LogP contribution >= 0.6 is 0 Å².